The van der Waals surface area contributed by atoms with Crippen molar-refractivity contribution >= 4 is 29.2 Å². The lowest BCUT2D eigenvalue weighted by molar-refractivity contribution is -0.113. The number of urea groups is 1. The Bertz CT molecular complexity index is 958. The molecule has 2 aromatic rings. The molecule has 1 aliphatic rings. The number of nitrogens with one attached hydrogen (secondary N) is 3. The fourth-order valence-electron chi connectivity index (χ4n) is 3.02. The highest BCUT2D eigenvalue weighted by atomic mass is 35.5. The van der Waals surface area contributed by atoms with Crippen molar-refractivity contribution in [2.45, 2.75) is 13.0 Å². The molecule has 1 atom stereocenters. The summed E-state index contributed by atoms with van der Waals surface area (Å²) in [5.74, 6) is 0.685. The molecule has 3 amide bonds. The van der Waals surface area contributed by atoms with Gasteiger partial charge in [-0.1, -0.05) is 23.7 Å². The number of rotatable bonds is 5. The number of methoxy groups -OCH3 is 2. The summed E-state index contributed by atoms with van der Waals surface area (Å²) >= 11 is 6.09. The summed E-state index contributed by atoms with van der Waals surface area (Å²) in [4.78, 5) is 25.1. The zero-order valence-electron chi connectivity index (χ0n) is 15.6. The van der Waals surface area contributed by atoms with Gasteiger partial charge in [0.2, 0.25) is 0 Å². The SMILES string of the molecule is COc1ccc(NC(=O)C2=C(C)NC(=O)N[C@@H]2c2cccc(Cl)c2)c(OC)c1. The van der Waals surface area contributed by atoms with Crippen LogP contribution in [0.4, 0.5) is 10.5 Å². The first-order valence-corrected chi connectivity index (χ1v) is 8.88. The fourth-order valence-corrected chi connectivity index (χ4v) is 3.22. The van der Waals surface area contributed by atoms with Crippen LogP contribution in [0, 0.1) is 0 Å². The van der Waals surface area contributed by atoms with E-state index >= 15 is 0 Å². The van der Waals surface area contributed by atoms with Crippen molar-refractivity contribution in [3.05, 3.63) is 64.3 Å². The summed E-state index contributed by atoms with van der Waals surface area (Å²) < 4.78 is 10.5. The van der Waals surface area contributed by atoms with Crippen LogP contribution in [0.2, 0.25) is 5.02 Å². The van der Waals surface area contributed by atoms with E-state index in [1.54, 1.807) is 56.5 Å². The highest BCUT2D eigenvalue weighted by molar-refractivity contribution is 6.30. The Morgan fingerprint density at radius 1 is 1.14 bits per heavy atom. The minimum absolute atomic E-state index is 0.375. The van der Waals surface area contributed by atoms with E-state index < -0.39 is 6.04 Å². The van der Waals surface area contributed by atoms with E-state index in [9.17, 15) is 9.59 Å². The van der Waals surface area contributed by atoms with Gasteiger partial charge in [0.05, 0.1) is 31.5 Å². The highest BCUT2D eigenvalue weighted by Crippen LogP contribution is 2.32. The van der Waals surface area contributed by atoms with Crippen LogP contribution in [-0.2, 0) is 4.79 Å². The minimum atomic E-state index is -0.642. The van der Waals surface area contributed by atoms with Gasteiger partial charge in [-0.15, -0.1) is 0 Å². The molecule has 0 aromatic heterocycles. The molecule has 7 nitrogen and oxygen atoms in total. The Balaban J connectivity index is 1.96. The third-order valence-electron chi connectivity index (χ3n) is 4.35. The first kappa shape index (κ1) is 19.6. The van der Waals surface area contributed by atoms with Crippen molar-refractivity contribution in [1.29, 1.82) is 0 Å². The van der Waals surface area contributed by atoms with Crippen LogP contribution >= 0.6 is 11.6 Å². The van der Waals surface area contributed by atoms with Gasteiger partial charge in [-0.05, 0) is 36.8 Å². The van der Waals surface area contributed by atoms with Gasteiger partial charge in [0, 0.05) is 16.8 Å². The number of benzene rings is 2. The molecule has 0 spiro atoms. The Morgan fingerprint density at radius 3 is 2.61 bits per heavy atom. The first-order chi connectivity index (χ1) is 13.4. The first-order valence-electron chi connectivity index (χ1n) is 8.50. The largest absolute Gasteiger partial charge is 0.497 e. The van der Waals surface area contributed by atoms with Crippen LogP contribution in [0.25, 0.3) is 0 Å². The van der Waals surface area contributed by atoms with Crippen LogP contribution in [0.3, 0.4) is 0 Å². The Labute approximate surface area is 167 Å². The molecule has 0 fully saturated rings. The average molecular weight is 402 g/mol. The van der Waals surface area contributed by atoms with Gasteiger partial charge in [0.1, 0.15) is 11.5 Å². The zero-order valence-corrected chi connectivity index (χ0v) is 16.4. The molecular formula is C20H20ClN3O4. The number of hydrogen-bond donors (Lipinski definition) is 3. The number of ether oxygens (including phenoxy) is 2. The second kappa shape index (κ2) is 8.22. The molecule has 28 heavy (non-hydrogen) atoms. The molecule has 0 unspecified atom stereocenters. The number of allylic oxidation sites excluding steroid dienone is 1. The third-order valence-corrected chi connectivity index (χ3v) is 4.59. The van der Waals surface area contributed by atoms with Crippen molar-refractivity contribution in [3.63, 3.8) is 0 Å². The molecule has 146 valence electrons. The molecule has 0 saturated heterocycles. The molecule has 3 rings (SSSR count). The number of anilines is 1. The molecule has 1 heterocycles. The number of hydrogen-bond acceptors (Lipinski definition) is 4. The fraction of sp³-hybridized carbons (Fsp3) is 0.200. The summed E-state index contributed by atoms with van der Waals surface area (Å²) in [6.45, 7) is 1.68. The van der Waals surface area contributed by atoms with Crippen molar-refractivity contribution in [1.82, 2.24) is 10.6 Å². The molecule has 1 aliphatic heterocycles. The van der Waals surface area contributed by atoms with Crippen LogP contribution in [-0.4, -0.2) is 26.2 Å². The summed E-state index contributed by atoms with van der Waals surface area (Å²) in [6.07, 6.45) is 0. The van der Waals surface area contributed by atoms with Gasteiger partial charge in [-0.3, -0.25) is 4.79 Å². The molecule has 0 saturated carbocycles. The molecule has 2 aromatic carbocycles. The van der Waals surface area contributed by atoms with E-state index in [1.807, 2.05) is 0 Å². The number of carbonyl (C=O) groups excluding carboxylic acids is 2. The maximum atomic E-state index is 13.1. The highest BCUT2D eigenvalue weighted by Gasteiger charge is 2.31. The summed E-state index contributed by atoms with van der Waals surface area (Å²) in [6, 6.07) is 11.1. The van der Waals surface area contributed by atoms with Crippen LogP contribution in [0.15, 0.2) is 53.7 Å². The van der Waals surface area contributed by atoms with E-state index in [4.69, 9.17) is 21.1 Å². The quantitative estimate of drug-likeness (QED) is 0.713. The van der Waals surface area contributed by atoms with Crippen molar-refractivity contribution in [3.8, 4) is 11.5 Å². The van der Waals surface area contributed by atoms with Crippen LogP contribution < -0.4 is 25.4 Å². The molecule has 3 N–H and O–H groups in total. The molecule has 0 aliphatic carbocycles. The second-order valence-electron chi connectivity index (χ2n) is 6.15. The Kier molecular flexibility index (Phi) is 5.75. The third kappa shape index (κ3) is 4.04. The molecule has 0 bridgehead atoms. The molecule has 8 heteroatoms. The van der Waals surface area contributed by atoms with E-state index in [1.165, 1.54) is 7.11 Å². The van der Waals surface area contributed by atoms with Crippen molar-refractivity contribution in [2.24, 2.45) is 0 Å². The van der Waals surface area contributed by atoms with E-state index in [0.717, 1.165) is 0 Å². The summed E-state index contributed by atoms with van der Waals surface area (Å²) in [5.41, 5.74) is 2.02. The number of halogens is 1. The molecule has 0 radical (unpaired) electrons. The van der Waals surface area contributed by atoms with Gasteiger partial charge >= 0.3 is 6.03 Å². The normalized spacial score (nSPS) is 16.1. The van der Waals surface area contributed by atoms with Gasteiger partial charge < -0.3 is 25.4 Å². The smallest absolute Gasteiger partial charge is 0.319 e. The van der Waals surface area contributed by atoms with Gasteiger partial charge in [-0.25, -0.2) is 4.79 Å². The van der Waals surface area contributed by atoms with E-state index in [2.05, 4.69) is 16.0 Å². The monoisotopic (exact) mass is 401 g/mol. The lowest BCUT2D eigenvalue weighted by Crippen LogP contribution is -2.46. The zero-order chi connectivity index (χ0) is 20.3. The van der Waals surface area contributed by atoms with Crippen molar-refractivity contribution < 1.29 is 19.1 Å². The standard InChI is InChI=1S/C20H20ClN3O4/c1-11-17(18(24-20(26)22-11)12-5-4-6-13(21)9-12)19(25)23-15-8-7-14(27-2)10-16(15)28-3/h4-10,18H,1-3H3,(H,23,25)(H2,22,24,26)/t18-/m1/s1. The Morgan fingerprint density at radius 2 is 1.93 bits per heavy atom. The maximum absolute atomic E-state index is 13.1. The Hall–Kier alpha value is -3.19. The average Bonchev–Trinajstić information content (AvgIpc) is 2.67. The number of amides is 3. The minimum Gasteiger partial charge on any atom is -0.497 e. The van der Waals surface area contributed by atoms with Crippen LogP contribution in [0.5, 0.6) is 11.5 Å². The summed E-state index contributed by atoms with van der Waals surface area (Å²) in [7, 11) is 3.05. The van der Waals surface area contributed by atoms with E-state index in [0.29, 0.717) is 39.0 Å². The van der Waals surface area contributed by atoms with Gasteiger partial charge in [-0.2, -0.15) is 0 Å². The maximum Gasteiger partial charge on any atom is 0.319 e. The lowest BCUT2D eigenvalue weighted by Gasteiger charge is -2.29. The predicted molar refractivity (Wildman–Crippen MR) is 107 cm³/mol. The second-order valence-corrected chi connectivity index (χ2v) is 6.58. The topological polar surface area (TPSA) is 88.7 Å². The summed E-state index contributed by atoms with van der Waals surface area (Å²) in [5, 5.41) is 8.77. The number of carbonyl (C=O) groups is 2. The predicted octanol–water partition coefficient (Wildman–Crippen LogP) is 3.62. The van der Waals surface area contributed by atoms with Gasteiger partial charge in [0.15, 0.2) is 0 Å². The van der Waals surface area contributed by atoms with Crippen LogP contribution in [0.1, 0.15) is 18.5 Å². The molecular weight excluding hydrogens is 382 g/mol. The lowest BCUT2D eigenvalue weighted by atomic mass is 9.95. The van der Waals surface area contributed by atoms with Gasteiger partial charge in [0.25, 0.3) is 5.91 Å². The van der Waals surface area contributed by atoms with E-state index in [-0.39, 0.29) is 11.9 Å². The van der Waals surface area contributed by atoms with Crippen molar-refractivity contribution in [2.75, 3.05) is 19.5 Å².